The van der Waals surface area contributed by atoms with Crippen LogP contribution < -0.4 is 107 Å². The molecule has 47 heteroatoms. The van der Waals surface area contributed by atoms with Gasteiger partial charge in [-0.3, -0.25) is 0 Å². The third-order valence-electron chi connectivity index (χ3n) is 3.11. The molecule has 0 aromatic carbocycles. The molecule has 6 heterocycles. The SMILES string of the molecule is Nc1nnnn1N.Nc1nnnn1N.Nc1nnnn1N.Nc1nnnn1N.Nc1nnnn1N.Nc1nnnn1N.[O-][Cl+3]([O-])([O-])[O-].[O-][Cl+3]([O-])([O-])[O-].[Zn+2]. The molecule has 6 rings (SSSR count). The molecular weight excluding hydrogens is 841 g/mol. The second-order valence-corrected chi connectivity index (χ2v) is 8.16. The summed E-state index contributed by atoms with van der Waals surface area (Å²) in [5.41, 5.74) is 30.2. The van der Waals surface area contributed by atoms with Crippen LogP contribution in [0.4, 0.5) is 35.7 Å². The van der Waals surface area contributed by atoms with Crippen molar-refractivity contribution in [2.24, 2.45) is 0 Å². The van der Waals surface area contributed by atoms with Crippen molar-refractivity contribution in [3.8, 4) is 0 Å². The van der Waals surface area contributed by atoms with Crippen molar-refractivity contribution in [3.63, 3.8) is 0 Å². The summed E-state index contributed by atoms with van der Waals surface area (Å²) in [6.07, 6.45) is 0. The summed E-state index contributed by atoms with van der Waals surface area (Å²) in [6.45, 7) is 0. The van der Waals surface area contributed by atoms with Gasteiger partial charge in [0.1, 0.15) is 0 Å². The van der Waals surface area contributed by atoms with Gasteiger partial charge in [0.25, 0.3) is 35.7 Å². The first-order valence-corrected chi connectivity index (χ1v) is 13.3. The minimum absolute atomic E-state index is 0. The summed E-state index contributed by atoms with van der Waals surface area (Å²) in [4.78, 5) is 5.33. The Hall–Kier alpha value is -7.10. The van der Waals surface area contributed by atoms with Crippen molar-refractivity contribution in [3.05, 3.63) is 0 Å². The molecular formula is C6H24Cl2N36O8Zn. The zero-order chi connectivity index (χ0) is 40.7. The second kappa shape index (κ2) is 24.9. The Morgan fingerprint density at radius 2 is 0.396 bits per heavy atom. The summed E-state index contributed by atoms with van der Waals surface area (Å²) in [5.74, 6) is 30.6. The zero-order valence-corrected chi connectivity index (χ0v) is 29.9. The van der Waals surface area contributed by atoms with Crippen molar-refractivity contribution in [1.82, 2.24) is 122 Å². The van der Waals surface area contributed by atoms with Crippen LogP contribution in [0, 0.1) is 20.5 Å². The van der Waals surface area contributed by atoms with Gasteiger partial charge in [-0.2, -0.15) is 0 Å². The van der Waals surface area contributed by atoms with Gasteiger partial charge >= 0.3 is 19.5 Å². The first kappa shape index (κ1) is 50.3. The Morgan fingerprint density at radius 3 is 0.415 bits per heavy atom. The van der Waals surface area contributed by atoms with Gasteiger partial charge in [-0.25, -0.2) is 37.3 Å². The maximum Gasteiger partial charge on any atom is 2.00 e. The zero-order valence-electron chi connectivity index (χ0n) is 25.4. The Balaban J connectivity index is -0.000000540. The first-order chi connectivity index (χ1) is 23.8. The van der Waals surface area contributed by atoms with Gasteiger partial charge in [0, 0.05) is 0 Å². The molecule has 6 aromatic heterocycles. The summed E-state index contributed by atoms with van der Waals surface area (Å²) < 4.78 is 67.9. The Bertz CT molecular complexity index is 1320. The van der Waals surface area contributed by atoms with Crippen LogP contribution in [0.15, 0.2) is 0 Å². The molecule has 0 radical (unpaired) electrons. The summed E-state index contributed by atoms with van der Waals surface area (Å²) >= 11 is 0. The smallest absolute Gasteiger partial charge is 0.365 e. The van der Waals surface area contributed by atoms with Crippen molar-refractivity contribution in [1.29, 1.82) is 0 Å². The number of hydrogen-bond donors (Lipinski definition) is 12. The number of nitrogen functional groups attached to an aromatic ring is 12. The molecule has 292 valence electrons. The fourth-order valence-corrected chi connectivity index (χ4v) is 1.20. The van der Waals surface area contributed by atoms with Crippen LogP contribution in [0.25, 0.3) is 0 Å². The first-order valence-electron chi connectivity index (χ1n) is 10.8. The van der Waals surface area contributed by atoms with E-state index >= 15 is 0 Å². The second-order valence-electron chi connectivity index (χ2n) is 6.65. The number of hydrogen-bond acceptors (Lipinski definition) is 38. The van der Waals surface area contributed by atoms with Crippen LogP contribution in [0.3, 0.4) is 0 Å². The number of aromatic nitrogens is 24. The standard InChI is InChI=1S/6CH4N6.2ClHO4.Zn/c6*2-1-4-5-6-7(1)3;2*2-1(3,4)5;/h6*3H2,(H2,2,4,6);2*(H,2,3,4,5);/q;;;;;;;;+2/p-2. The van der Waals surface area contributed by atoms with Gasteiger partial charge in [0.15, 0.2) is 0 Å². The molecule has 0 bridgehead atoms. The van der Waals surface area contributed by atoms with E-state index in [0.29, 0.717) is 0 Å². The fourth-order valence-electron chi connectivity index (χ4n) is 1.20. The quantitative estimate of drug-likeness (QED) is 0.0498. The van der Waals surface area contributed by atoms with Gasteiger partial charge in [-0.15, -0.1) is 49.2 Å². The molecule has 0 aliphatic rings. The van der Waals surface area contributed by atoms with Crippen molar-refractivity contribution < 1.29 is 77.2 Å². The molecule has 0 saturated carbocycles. The van der Waals surface area contributed by atoms with E-state index in [-0.39, 0.29) is 55.2 Å². The molecule has 6 aromatic rings. The van der Waals surface area contributed by atoms with Crippen LogP contribution in [-0.4, -0.2) is 122 Å². The average molecular weight is 865 g/mol. The Kier molecular flexibility index (Phi) is 23.7. The minimum atomic E-state index is -4.94. The largest absolute Gasteiger partial charge is 2.00 e. The van der Waals surface area contributed by atoms with Crippen molar-refractivity contribution >= 4 is 35.7 Å². The monoisotopic (exact) mass is 862 g/mol. The van der Waals surface area contributed by atoms with E-state index in [0.717, 1.165) is 28.7 Å². The Morgan fingerprint density at radius 1 is 0.302 bits per heavy atom. The van der Waals surface area contributed by atoms with Gasteiger partial charge < -0.3 is 69.5 Å². The number of tetrazole rings is 6. The molecule has 0 aliphatic heterocycles. The molecule has 0 atom stereocenters. The van der Waals surface area contributed by atoms with Crippen LogP contribution in [-0.2, 0) is 19.5 Å². The van der Waals surface area contributed by atoms with Crippen molar-refractivity contribution in [2.45, 2.75) is 0 Å². The van der Waals surface area contributed by atoms with E-state index in [1.165, 1.54) is 0 Å². The molecule has 0 aliphatic carbocycles. The van der Waals surface area contributed by atoms with E-state index in [9.17, 15) is 0 Å². The topological polar surface area (TPSA) is 758 Å². The summed E-state index contributed by atoms with van der Waals surface area (Å²) in [6, 6.07) is 0. The number of halogens is 2. The third-order valence-corrected chi connectivity index (χ3v) is 3.11. The number of nitrogens with two attached hydrogens (primary N) is 12. The predicted molar refractivity (Wildman–Crippen MR) is 134 cm³/mol. The molecule has 53 heavy (non-hydrogen) atoms. The normalized spacial score (nSPS) is 9.51. The van der Waals surface area contributed by atoms with E-state index in [2.05, 4.69) is 93.2 Å². The molecule has 44 nitrogen and oxygen atoms in total. The average Bonchev–Trinajstić information content (AvgIpc) is 3.89. The van der Waals surface area contributed by atoms with Crippen LogP contribution in [0.1, 0.15) is 0 Å². The number of nitrogens with zero attached hydrogens (tertiary/aromatic N) is 24. The van der Waals surface area contributed by atoms with Gasteiger partial charge in [0.05, 0.1) is 0 Å². The minimum Gasteiger partial charge on any atom is -0.365 e. The van der Waals surface area contributed by atoms with Gasteiger partial charge in [0.2, 0.25) is 0 Å². The van der Waals surface area contributed by atoms with E-state index in [1.807, 2.05) is 0 Å². The molecule has 0 spiro atoms. The molecule has 0 amide bonds. The van der Waals surface area contributed by atoms with Crippen LogP contribution in [0.5, 0.6) is 0 Å². The van der Waals surface area contributed by atoms with E-state index < -0.39 is 20.5 Å². The summed E-state index contributed by atoms with van der Waals surface area (Å²) in [5, 5.41) is 57.8. The van der Waals surface area contributed by atoms with E-state index in [1.54, 1.807) is 0 Å². The molecule has 0 fully saturated rings. The van der Waals surface area contributed by atoms with Crippen LogP contribution in [0.2, 0.25) is 0 Å². The molecule has 24 N–H and O–H groups in total. The predicted octanol–water partition coefficient (Wildman–Crippen LogP) is -21.7. The molecule has 0 unspecified atom stereocenters. The number of anilines is 6. The summed E-state index contributed by atoms with van der Waals surface area (Å²) in [7, 11) is -9.89. The number of rotatable bonds is 0. The van der Waals surface area contributed by atoms with Crippen LogP contribution >= 0.6 is 0 Å². The van der Waals surface area contributed by atoms with Gasteiger partial charge in [-0.05, 0) is 62.6 Å². The van der Waals surface area contributed by atoms with E-state index in [4.69, 9.17) is 107 Å². The van der Waals surface area contributed by atoms with Crippen molar-refractivity contribution in [2.75, 3.05) is 69.5 Å². The third kappa shape index (κ3) is 29.5. The molecule has 0 saturated heterocycles. The maximum atomic E-state index is 8.49. The van der Waals surface area contributed by atoms with Gasteiger partial charge in [-0.1, -0.05) is 30.6 Å². The Labute approximate surface area is 304 Å². The maximum absolute atomic E-state index is 8.49. The fraction of sp³-hybridized carbons (Fsp3) is 0.